The fourth-order valence-corrected chi connectivity index (χ4v) is 4.27. The number of nitrogens with one attached hydrogen (secondary N) is 1. The first-order valence-electron chi connectivity index (χ1n) is 8.87. The third kappa shape index (κ3) is 4.95. The van der Waals surface area contributed by atoms with Gasteiger partial charge in [0, 0.05) is 30.6 Å². The second-order valence-electron chi connectivity index (χ2n) is 6.73. The predicted molar refractivity (Wildman–Crippen MR) is 98.0 cm³/mol. The Bertz CT molecular complexity index is 496. The Hall–Kier alpha value is -1.07. The van der Waals surface area contributed by atoms with E-state index >= 15 is 0 Å². The summed E-state index contributed by atoms with van der Waals surface area (Å²) < 4.78 is 0. The van der Waals surface area contributed by atoms with Gasteiger partial charge >= 0.3 is 6.03 Å². The molecule has 2 rings (SSSR count). The van der Waals surface area contributed by atoms with Crippen LogP contribution in [0.4, 0.5) is 4.79 Å². The second kappa shape index (κ2) is 8.69. The molecule has 2 amide bonds. The minimum absolute atomic E-state index is 0.0859. The Morgan fingerprint density at radius 1 is 1.39 bits per heavy atom. The molecule has 4 nitrogen and oxygen atoms in total. The summed E-state index contributed by atoms with van der Waals surface area (Å²) in [5, 5.41) is 5.31. The second-order valence-corrected chi connectivity index (χ2v) is 7.73. The van der Waals surface area contributed by atoms with Crippen molar-refractivity contribution in [2.75, 3.05) is 26.2 Å². The van der Waals surface area contributed by atoms with Gasteiger partial charge in [0.05, 0.1) is 0 Å². The number of urea groups is 1. The number of amides is 2. The number of nitrogens with zero attached hydrogens (tertiary/aromatic N) is 2. The maximum absolute atomic E-state index is 12.5. The molecular weight excluding hydrogens is 306 g/mol. The summed E-state index contributed by atoms with van der Waals surface area (Å²) in [5.74, 6) is 0.640. The lowest BCUT2D eigenvalue weighted by Crippen LogP contribution is -2.49. The Morgan fingerprint density at radius 3 is 2.78 bits per heavy atom. The zero-order valence-corrected chi connectivity index (χ0v) is 15.8. The number of carbonyl (C=O) groups is 1. The molecular formula is C18H31N3OS. The molecule has 0 fully saturated rings. The molecule has 1 aromatic rings. The molecule has 0 aromatic carbocycles. The van der Waals surface area contributed by atoms with Crippen LogP contribution in [0.15, 0.2) is 11.4 Å². The van der Waals surface area contributed by atoms with Crippen molar-refractivity contribution in [3.8, 4) is 0 Å². The van der Waals surface area contributed by atoms with E-state index in [9.17, 15) is 4.79 Å². The highest BCUT2D eigenvalue weighted by molar-refractivity contribution is 7.10. The van der Waals surface area contributed by atoms with Gasteiger partial charge in [0.1, 0.15) is 0 Å². The standard InChI is InChI=1S/C18H31N3OS/c1-5-20(6-2)16(11-14(3)4)12-19-18(22)21-9-7-17-15(13-21)8-10-23-17/h8,10,14,16H,5-7,9,11-13H2,1-4H3,(H,19,22)/t16-/m0/s1. The zero-order valence-electron chi connectivity index (χ0n) is 15.0. The van der Waals surface area contributed by atoms with E-state index < -0.39 is 0 Å². The summed E-state index contributed by atoms with van der Waals surface area (Å²) in [6.45, 7) is 13.3. The van der Waals surface area contributed by atoms with E-state index in [0.29, 0.717) is 12.0 Å². The van der Waals surface area contributed by atoms with Gasteiger partial charge in [-0.05, 0) is 48.9 Å². The first-order valence-corrected chi connectivity index (χ1v) is 9.75. The van der Waals surface area contributed by atoms with Crippen molar-refractivity contribution in [3.05, 3.63) is 21.9 Å². The van der Waals surface area contributed by atoms with Crippen molar-refractivity contribution in [1.82, 2.24) is 15.1 Å². The number of hydrogen-bond donors (Lipinski definition) is 1. The summed E-state index contributed by atoms with van der Waals surface area (Å²) in [6.07, 6.45) is 2.11. The van der Waals surface area contributed by atoms with Gasteiger partial charge in [0.2, 0.25) is 0 Å². The van der Waals surface area contributed by atoms with Crippen LogP contribution < -0.4 is 5.32 Å². The quantitative estimate of drug-likeness (QED) is 0.825. The monoisotopic (exact) mass is 337 g/mol. The minimum atomic E-state index is 0.0859. The number of carbonyl (C=O) groups excluding carboxylic acids is 1. The van der Waals surface area contributed by atoms with E-state index in [2.05, 4.69) is 49.4 Å². The summed E-state index contributed by atoms with van der Waals surface area (Å²) >= 11 is 1.81. The number of likely N-dealkylation sites (N-methyl/N-ethyl adjacent to an activating group) is 1. The molecule has 1 atom stereocenters. The number of rotatable bonds is 7. The van der Waals surface area contributed by atoms with E-state index in [1.54, 1.807) is 0 Å². The Labute approximate surface area is 144 Å². The maximum Gasteiger partial charge on any atom is 0.317 e. The van der Waals surface area contributed by atoms with E-state index in [0.717, 1.165) is 45.6 Å². The van der Waals surface area contributed by atoms with Gasteiger partial charge in [0.25, 0.3) is 0 Å². The largest absolute Gasteiger partial charge is 0.336 e. The molecule has 0 aliphatic carbocycles. The van der Waals surface area contributed by atoms with Gasteiger partial charge in [-0.2, -0.15) is 0 Å². The Balaban J connectivity index is 1.88. The molecule has 2 heterocycles. The molecule has 0 saturated carbocycles. The van der Waals surface area contributed by atoms with Crippen molar-refractivity contribution in [2.45, 2.75) is 53.1 Å². The fourth-order valence-electron chi connectivity index (χ4n) is 3.38. The molecule has 0 radical (unpaired) electrons. The van der Waals surface area contributed by atoms with Crippen LogP contribution in [0.3, 0.4) is 0 Å². The van der Waals surface area contributed by atoms with Gasteiger partial charge in [0.15, 0.2) is 0 Å². The van der Waals surface area contributed by atoms with Gasteiger partial charge in [-0.1, -0.05) is 27.7 Å². The van der Waals surface area contributed by atoms with E-state index in [-0.39, 0.29) is 6.03 Å². The van der Waals surface area contributed by atoms with Crippen LogP contribution in [0, 0.1) is 5.92 Å². The minimum Gasteiger partial charge on any atom is -0.336 e. The summed E-state index contributed by atoms with van der Waals surface area (Å²) in [7, 11) is 0. The van der Waals surface area contributed by atoms with Crippen molar-refractivity contribution in [2.24, 2.45) is 5.92 Å². The molecule has 0 saturated heterocycles. The predicted octanol–water partition coefficient (Wildman–Crippen LogP) is 3.57. The van der Waals surface area contributed by atoms with Crippen LogP contribution in [-0.2, 0) is 13.0 Å². The lowest BCUT2D eigenvalue weighted by molar-refractivity contribution is 0.168. The smallest absolute Gasteiger partial charge is 0.317 e. The van der Waals surface area contributed by atoms with Gasteiger partial charge in [-0.25, -0.2) is 4.79 Å². The third-order valence-corrected chi connectivity index (χ3v) is 5.68. The Morgan fingerprint density at radius 2 is 2.13 bits per heavy atom. The number of fused-ring (bicyclic) bond motifs is 1. The fraction of sp³-hybridized carbons (Fsp3) is 0.722. The highest BCUT2D eigenvalue weighted by atomic mass is 32.1. The first-order chi connectivity index (χ1) is 11.0. The van der Waals surface area contributed by atoms with Crippen molar-refractivity contribution in [3.63, 3.8) is 0 Å². The molecule has 1 aliphatic rings. The molecule has 5 heteroatoms. The molecule has 0 spiro atoms. The number of hydrogen-bond acceptors (Lipinski definition) is 3. The van der Waals surface area contributed by atoms with Crippen LogP contribution in [0.2, 0.25) is 0 Å². The lowest BCUT2D eigenvalue weighted by atomic mass is 10.0. The van der Waals surface area contributed by atoms with E-state index in [1.807, 2.05) is 16.2 Å². The molecule has 1 aromatic heterocycles. The average molecular weight is 338 g/mol. The Kier molecular flexibility index (Phi) is 6.90. The van der Waals surface area contributed by atoms with Gasteiger partial charge in [-0.3, -0.25) is 4.90 Å². The highest BCUT2D eigenvalue weighted by Crippen LogP contribution is 2.23. The van der Waals surface area contributed by atoms with E-state index in [1.165, 1.54) is 10.4 Å². The van der Waals surface area contributed by atoms with Crippen molar-refractivity contribution >= 4 is 17.4 Å². The maximum atomic E-state index is 12.5. The normalized spacial score (nSPS) is 15.8. The van der Waals surface area contributed by atoms with Crippen LogP contribution in [0.1, 0.15) is 44.6 Å². The van der Waals surface area contributed by atoms with Crippen LogP contribution in [0.25, 0.3) is 0 Å². The third-order valence-electron chi connectivity index (χ3n) is 4.66. The topological polar surface area (TPSA) is 35.6 Å². The molecule has 130 valence electrons. The average Bonchev–Trinajstić information content (AvgIpc) is 3.00. The van der Waals surface area contributed by atoms with E-state index in [4.69, 9.17) is 0 Å². The van der Waals surface area contributed by atoms with Crippen molar-refractivity contribution < 1.29 is 4.79 Å². The van der Waals surface area contributed by atoms with Crippen LogP contribution >= 0.6 is 11.3 Å². The van der Waals surface area contributed by atoms with Crippen LogP contribution in [-0.4, -0.2) is 48.1 Å². The molecule has 23 heavy (non-hydrogen) atoms. The summed E-state index contributed by atoms with van der Waals surface area (Å²) in [4.78, 5) is 18.4. The van der Waals surface area contributed by atoms with Crippen molar-refractivity contribution in [1.29, 1.82) is 0 Å². The van der Waals surface area contributed by atoms with Gasteiger partial charge < -0.3 is 10.2 Å². The molecule has 0 unspecified atom stereocenters. The number of thiophene rings is 1. The summed E-state index contributed by atoms with van der Waals surface area (Å²) in [5.41, 5.74) is 1.32. The highest BCUT2D eigenvalue weighted by Gasteiger charge is 2.23. The first kappa shape index (κ1) is 18.3. The zero-order chi connectivity index (χ0) is 16.8. The van der Waals surface area contributed by atoms with Gasteiger partial charge in [-0.15, -0.1) is 11.3 Å². The lowest BCUT2D eigenvalue weighted by Gasteiger charge is -2.33. The molecule has 1 aliphatic heterocycles. The molecule has 0 bridgehead atoms. The SMILES string of the molecule is CCN(CC)[C@H](CNC(=O)N1CCc2sccc2C1)CC(C)C. The summed E-state index contributed by atoms with van der Waals surface area (Å²) in [6, 6.07) is 2.66. The van der Waals surface area contributed by atoms with Crippen LogP contribution in [0.5, 0.6) is 0 Å². The molecule has 1 N–H and O–H groups in total.